The van der Waals surface area contributed by atoms with E-state index in [1.54, 1.807) is 0 Å². The highest BCUT2D eigenvalue weighted by molar-refractivity contribution is 9.10. The van der Waals surface area contributed by atoms with Crippen molar-refractivity contribution in [3.63, 3.8) is 0 Å². The Morgan fingerprint density at radius 3 is 2.05 bits per heavy atom. The lowest BCUT2D eigenvalue weighted by Gasteiger charge is -2.09. The summed E-state index contributed by atoms with van der Waals surface area (Å²) in [6.45, 7) is 1.10. The van der Waals surface area contributed by atoms with Crippen molar-refractivity contribution < 1.29 is 4.79 Å². The summed E-state index contributed by atoms with van der Waals surface area (Å²) in [4.78, 5) is 11.8. The summed E-state index contributed by atoms with van der Waals surface area (Å²) in [6.07, 6.45) is 0.796. The van der Waals surface area contributed by atoms with Crippen molar-refractivity contribution in [2.24, 2.45) is 0 Å². The number of carbonyl (C=O) groups is 1. The van der Waals surface area contributed by atoms with Gasteiger partial charge in [0.05, 0.1) is 0 Å². The first-order valence-electron chi connectivity index (χ1n) is 6.65. The first kappa shape index (κ1) is 16.0. The van der Waals surface area contributed by atoms with Gasteiger partial charge in [-0.15, -0.1) is 0 Å². The maximum Gasteiger partial charge on any atom is 0.315 e. The molecule has 2 rings (SSSR count). The van der Waals surface area contributed by atoms with Crippen LogP contribution in [0.25, 0.3) is 0 Å². The van der Waals surface area contributed by atoms with Crippen LogP contribution in [0.5, 0.6) is 0 Å². The van der Waals surface area contributed by atoms with E-state index < -0.39 is 0 Å². The predicted molar refractivity (Wildman–Crippen MR) is 92.2 cm³/mol. The lowest BCUT2D eigenvalue weighted by molar-refractivity contribution is 0.240. The van der Waals surface area contributed by atoms with E-state index in [1.165, 1.54) is 5.56 Å². The molecule has 0 aromatic heterocycles. The largest absolute Gasteiger partial charge is 0.338 e. The number of carbonyl (C=O) groups excluding carboxylic acids is 1. The van der Waals surface area contributed by atoms with Gasteiger partial charge in [0.2, 0.25) is 0 Å². The average Bonchev–Trinajstić information content (AvgIpc) is 2.48. The van der Waals surface area contributed by atoms with E-state index >= 15 is 0 Å². The fraction of sp³-hybridized carbons (Fsp3) is 0.188. The van der Waals surface area contributed by atoms with E-state index in [4.69, 9.17) is 0 Å². The zero-order valence-corrected chi connectivity index (χ0v) is 14.6. The van der Waals surface area contributed by atoms with E-state index in [1.807, 2.05) is 48.5 Å². The molecule has 0 atom stereocenters. The highest BCUT2D eigenvalue weighted by atomic mass is 79.9. The number of hydrogen-bond donors (Lipinski definition) is 2. The summed E-state index contributed by atoms with van der Waals surface area (Å²) in [5.74, 6) is 0. The van der Waals surface area contributed by atoms with E-state index in [0.29, 0.717) is 13.1 Å². The van der Waals surface area contributed by atoms with Crippen molar-refractivity contribution in [3.8, 4) is 0 Å². The van der Waals surface area contributed by atoms with Crippen molar-refractivity contribution >= 4 is 37.9 Å². The quantitative estimate of drug-likeness (QED) is 0.758. The second kappa shape index (κ2) is 8.20. The molecule has 0 saturated heterocycles. The van der Waals surface area contributed by atoms with Gasteiger partial charge in [0.25, 0.3) is 0 Å². The Hall–Kier alpha value is -1.33. The Morgan fingerprint density at radius 1 is 0.857 bits per heavy atom. The fourth-order valence-electron chi connectivity index (χ4n) is 1.89. The maximum atomic E-state index is 11.8. The van der Waals surface area contributed by atoms with Gasteiger partial charge in [-0.05, 0) is 29.7 Å². The molecule has 0 saturated carbocycles. The Balaban J connectivity index is 1.73. The fourth-order valence-corrected chi connectivity index (χ4v) is 2.80. The molecular weight excluding hydrogens is 396 g/mol. The van der Waals surface area contributed by atoms with Crippen molar-refractivity contribution in [1.82, 2.24) is 10.6 Å². The number of urea groups is 1. The van der Waals surface area contributed by atoms with Crippen LogP contribution >= 0.6 is 31.9 Å². The molecule has 2 aromatic carbocycles. The lowest BCUT2D eigenvalue weighted by Crippen LogP contribution is -2.36. The molecule has 0 aliphatic carbocycles. The summed E-state index contributed by atoms with van der Waals surface area (Å²) < 4.78 is 2.07. The molecule has 2 aromatic rings. The third-order valence-electron chi connectivity index (χ3n) is 3.03. The first-order valence-corrected chi connectivity index (χ1v) is 8.24. The second-order valence-electron chi connectivity index (χ2n) is 4.54. The Labute approximate surface area is 141 Å². The van der Waals surface area contributed by atoms with Gasteiger partial charge in [0.15, 0.2) is 0 Å². The molecule has 2 amide bonds. The van der Waals surface area contributed by atoms with Gasteiger partial charge < -0.3 is 10.6 Å². The van der Waals surface area contributed by atoms with Crippen LogP contribution in [0.1, 0.15) is 11.1 Å². The Bertz CT molecular complexity index is 617. The molecule has 110 valence electrons. The second-order valence-corrected chi connectivity index (χ2v) is 6.25. The van der Waals surface area contributed by atoms with Crippen LogP contribution in [0, 0.1) is 0 Å². The molecule has 0 radical (unpaired) electrons. The van der Waals surface area contributed by atoms with E-state index in [2.05, 4.69) is 42.5 Å². The zero-order chi connectivity index (χ0) is 15.1. The maximum absolute atomic E-state index is 11.8. The minimum absolute atomic E-state index is 0.155. The average molecular weight is 412 g/mol. The molecule has 0 aliphatic rings. The van der Waals surface area contributed by atoms with E-state index in [0.717, 1.165) is 20.9 Å². The smallest absolute Gasteiger partial charge is 0.315 e. The van der Waals surface area contributed by atoms with Crippen LogP contribution in [-0.4, -0.2) is 12.6 Å². The highest BCUT2D eigenvalue weighted by Gasteiger charge is 2.03. The van der Waals surface area contributed by atoms with Gasteiger partial charge in [-0.1, -0.05) is 68.3 Å². The summed E-state index contributed by atoms with van der Waals surface area (Å²) in [5, 5.41) is 5.71. The highest BCUT2D eigenvalue weighted by Crippen LogP contribution is 2.16. The standard InChI is InChI=1S/C16H16Br2N2O/c17-14-7-3-1-5-12(14)9-10-19-16(21)20-11-13-6-2-4-8-15(13)18/h1-8H,9-11H2,(H2,19,20,21). The van der Waals surface area contributed by atoms with Crippen LogP contribution < -0.4 is 10.6 Å². The van der Waals surface area contributed by atoms with Crippen molar-refractivity contribution in [2.45, 2.75) is 13.0 Å². The monoisotopic (exact) mass is 410 g/mol. The van der Waals surface area contributed by atoms with Gasteiger partial charge in [-0.25, -0.2) is 4.79 Å². The SMILES string of the molecule is O=C(NCCc1ccccc1Br)NCc1ccccc1Br. The van der Waals surface area contributed by atoms with Crippen LogP contribution in [0.2, 0.25) is 0 Å². The third-order valence-corrected chi connectivity index (χ3v) is 4.58. The van der Waals surface area contributed by atoms with Crippen molar-refractivity contribution in [2.75, 3.05) is 6.54 Å². The van der Waals surface area contributed by atoms with Gasteiger partial charge in [-0.2, -0.15) is 0 Å². The Kier molecular flexibility index (Phi) is 6.26. The molecule has 0 aliphatic heterocycles. The van der Waals surface area contributed by atoms with Crippen LogP contribution in [0.3, 0.4) is 0 Å². The molecule has 0 heterocycles. The number of amides is 2. The van der Waals surface area contributed by atoms with Gasteiger partial charge in [0.1, 0.15) is 0 Å². The summed E-state index contributed by atoms with van der Waals surface area (Å²) in [6, 6.07) is 15.7. The zero-order valence-electron chi connectivity index (χ0n) is 11.4. The van der Waals surface area contributed by atoms with Gasteiger partial charge in [-0.3, -0.25) is 0 Å². The minimum atomic E-state index is -0.155. The molecule has 0 fully saturated rings. The number of benzene rings is 2. The predicted octanol–water partition coefficient (Wildman–Crippen LogP) is 4.25. The van der Waals surface area contributed by atoms with Crippen molar-refractivity contribution in [3.05, 3.63) is 68.6 Å². The molecule has 3 nitrogen and oxygen atoms in total. The van der Waals surface area contributed by atoms with Gasteiger partial charge >= 0.3 is 6.03 Å². The van der Waals surface area contributed by atoms with Crippen LogP contribution in [-0.2, 0) is 13.0 Å². The normalized spacial score (nSPS) is 10.2. The topological polar surface area (TPSA) is 41.1 Å². The number of halogens is 2. The van der Waals surface area contributed by atoms with Crippen LogP contribution in [0.15, 0.2) is 57.5 Å². The Morgan fingerprint density at radius 2 is 1.43 bits per heavy atom. The molecule has 5 heteroatoms. The van der Waals surface area contributed by atoms with Crippen LogP contribution in [0.4, 0.5) is 4.79 Å². The molecule has 21 heavy (non-hydrogen) atoms. The summed E-state index contributed by atoms with van der Waals surface area (Å²) >= 11 is 6.96. The molecule has 2 N–H and O–H groups in total. The number of nitrogens with one attached hydrogen (secondary N) is 2. The number of hydrogen-bond acceptors (Lipinski definition) is 1. The minimum Gasteiger partial charge on any atom is -0.338 e. The summed E-state index contributed by atoms with van der Waals surface area (Å²) in [5.41, 5.74) is 2.24. The third kappa shape index (κ3) is 5.17. The summed E-state index contributed by atoms with van der Waals surface area (Å²) in [7, 11) is 0. The molecule has 0 unspecified atom stereocenters. The number of rotatable bonds is 5. The molecular formula is C16H16Br2N2O. The molecule has 0 bridgehead atoms. The van der Waals surface area contributed by atoms with E-state index in [-0.39, 0.29) is 6.03 Å². The first-order chi connectivity index (χ1) is 10.2. The molecule has 0 spiro atoms. The lowest BCUT2D eigenvalue weighted by atomic mass is 10.1. The van der Waals surface area contributed by atoms with Crippen molar-refractivity contribution in [1.29, 1.82) is 0 Å². The van der Waals surface area contributed by atoms with E-state index in [9.17, 15) is 4.79 Å². The van der Waals surface area contributed by atoms with Gasteiger partial charge in [0, 0.05) is 22.0 Å².